The van der Waals surface area contributed by atoms with E-state index in [0.717, 1.165) is 59.2 Å². The zero-order chi connectivity index (χ0) is 21.0. The second-order valence-electron chi connectivity index (χ2n) is 8.23. The summed E-state index contributed by atoms with van der Waals surface area (Å²) < 4.78 is 0. The van der Waals surface area contributed by atoms with Crippen molar-refractivity contribution in [3.63, 3.8) is 0 Å². The number of nitrogens with zero attached hydrogens (tertiary/aromatic N) is 5. The number of hydrogen-bond donors (Lipinski definition) is 2. The number of carbonyl (C=O) groups excluding carboxylic acids is 1. The predicted molar refractivity (Wildman–Crippen MR) is 120 cm³/mol. The van der Waals surface area contributed by atoms with Crippen LogP contribution in [-0.2, 0) is 0 Å². The molecule has 3 aromatic heterocycles. The third-order valence-corrected chi connectivity index (χ3v) is 7.54. The van der Waals surface area contributed by atoms with Crippen LogP contribution in [0.5, 0.6) is 0 Å². The van der Waals surface area contributed by atoms with Crippen molar-refractivity contribution in [1.29, 1.82) is 0 Å². The van der Waals surface area contributed by atoms with Gasteiger partial charge in [0.2, 0.25) is 0 Å². The highest BCUT2D eigenvalue weighted by atomic mass is 32.1. The Bertz CT molecular complexity index is 1110. The molecule has 3 N–H and O–H groups in total. The van der Waals surface area contributed by atoms with Gasteiger partial charge in [-0.05, 0) is 31.5 Å². The number of likely N-dealkylation sites (tertiary alicyclic amines) is 1. The Morgan fingerprint density at radius 2 is 1.90 bits per heavy atom. The van der Waals surface area contributed by atoms with E-state index in [-0.39, 0.29) is 5.91 Å². The molecule has 5 rings (SSSR count). The molecule has 0 aromatic carbocycles. The molecule has 0 saturated carbocycles. The Morgan fingerprint density at radius 3 is 2.53 bits per heavy atom. The van der Waals surface area contributed by atoms with E-state index in [1.807, 2.05) is 38.1 Å². The second kappa shape index (κ2) is 7.09. The lowest BCUT2D eigenvalue weighted by molar-refractivity contribution is 0.0788. The minimum atomic E-state index is 0.0185. The van der Waals surface area contributed by atoms with Crippen molar-refractivity contribution < 1.29 is 4.79 Å². The highest BCUT2D eigenvalue weighted by Crippen LogP contribution is 2.38. The molecule has 1 amide bonds. The number of nitrogens with two attached hydrogens (primary N) is 1. The predicted octanol–water partition coefficient (Wildman–Crippen LogP) is 2.54. The maximum absolute atomic E-state index is 13.3. The summed E-state index contributed by atoms with van der Waals surface area (Å²) in [5, 5.41) is 12.4. The fourth-order valence-electron chi connectivity index (χ4n) is 4.61. The molecule has 0 aliphatic carbocycles. The van der Waals surface area contributed by atoms with Gasteiger partial charge in [0.15, 0.2) is 0 Å². The van der Waals surface area contributed by atoms with Crippen LogP contribution in [-0.4, -0.2) is 59.2 Å². The Hall–Kier alpha value is -2.94. The fourth-order valence-corrected chi connectivity index (χ4v) is 5.68. The van der Waals surface area contributed by atoms with Gasteiger partial charge in [-0.3, -0.25) is 4.79 Å². The summed E-state index contributed by atoms with van der Waals surface area (Å²) >= 11 is 1.35. The van der Waals surface area contributed by atoms with Crippen LogP contribution in [0.15, 0.2) is 18.3 Å². The van der Waals surface area contributed by atoms with Crippen molar-refractivity contribution in [1.82, 2.24) is 20.1 Å². The van der Waals surface area contributed by atoms with E-state index in [0.29, 0.717) is 22.4 Å². The van der Waals surface area contributed by atoms with Crippen LogP contribution in [0.25, 0.3) is 10.2 Å². The molecule has 3 aromatic rings. The molecule has 2 saturated heterocycles. The molecule has 2 fully saturated rings. The molecule has 5 heterocycles. The quantitative estimate of drug-likeness (QED) is 0.668. The molecular weight excluding hydrogens is 398 g/mol. The number of nitrogens with one attached hydrogen (secondary N) is 1. The minimum Gasteiger partial charge on any atom is -0.397 e. The van der Waals surface area contributed by atoms with Gasteiger partial charge in [0.05, 0.1) is 23.3 Å². The average Bonchev–Trinajstić information content (AvgIpc) is 3.42. The summed E-state index contributed by atoms with van der Waals surface area (Å²) in [6, 6.07) is 4.10. The van der Waals surface area contributed by atoms with E-state index in [2.05, 4.69) is 31.5 Å². The summed E-state index contributed by atoms with van der Waals surface area (Å²) in [4.78, 5) is 23.4. The highest BCUT2D eigenvalue weighted by Gasteiger charge is 2.42. The number of rotatable bonds is 3. The van der Waals surface area contributed by atoms with Crippen LogP contribution in [0, 0.1) is 25.7 Å². The summed E-state index contributed by atoms with van der Waals surface area (Å²) in [6.45, 7) is 7.25. The fraction of sp³-hybridized carbons (Fsp3) is 0.429. The maximum Gasteiger partial charge on any atom is 0.266 e. The van der Waals surface area contributed by atoms with E-state index in [4.69, 9.17) is 5.73 Å². The molecule has 2 atom stereocenters. The molecule has 2 unspecified atom stereocenters. The number of amides is 1. The van der Waals surface area contributed by atoms with Crippen molar-refractivity contribution in [3.8, 4) is 0 Å². The van der Waals surface area contributed by atoms with Gasteiger partial charge in [-0.2, -0.15) is 5.10 Å². The van der Waals surface area contributed by atoms with Crippen molar-refractivity contribution in [3.05, 3.63) is 34.5 Å². The van der Waals surface area contributed by atoms with E-state index in [9.17, 15) is 4.79 Å². The van der Waals surface area contributed by atoms with Gasteiger partial charge in [-0.15, -0.1) is 16.4 Å². The molecule has 0 spiro atoms. The number of aromatic nitrogens is 3. The van der Waals surface area contributed by atoms with Crippen LogP contribution >= 0.6 is 11.3 Å². The monoisotopic (exact) mass is 423 g/mol. The van der Waals surface area contributed by atoms with Crippen molar-refractivity contribution in [2.45, 2.75) is 13.8 Å². The summed E-state index contributed by atoms with van der Waals surface area (Å²) in [6.07, 6.45) is 1.86. The number of hydrogen-bond acceptors (Lipinski definition) is 8. The first kappa shape index (κ1) is 19.0. The molecule has 30 heavy (non-hydrogen) atoms. The minimum absolute atomic E-state index is 0.0185. The Morgan fingerprint density at radius 1 is 1.17 bits per heavy atom. The van der Waals surface area contributed by atoms with Crippen LogP contribution < -0.4 is 16.0 Å². The van der Waals surface area contributed by atoms with E-state index >= 15 is 0 Å². The number of pyridine rings is 1. The second-order valence-corrected chi connectivity index (χ2v) is 9.22. The van der Waals surface area contributed by atoms with Crippen LogP contribution in [0.2, 0.25) is 0 Å². The van der Waals surface area contributed by atoms with Crippen LogP contribution in [0.3, 0.4) is 0 Å². The van der Waals surface area contributed by atoms with Gasteiger partial charge in [0, 0.05) is 50.4 Å². The van der Waals surface area contributed by atoms with Crippen molar-refractivity contribution >= 4 is 44.7 Å². The molecule has 2 aliphatic heterocycles. The first-order valence-corrected chi connectivity index (χ1v) is 11.0. The number of anilines is 3. The average molecular weight is 424 g/mol. The largest absolute Gasteiger partial charge is 0.397 e. The Balaban J connectivity index is 1.32. The summed E-state index contributed by atoms with van der Waals surface area (Å²) in [7, 11) is 1.89. The third-order valence-electron chi connectivity index (χ3n) is 6.46. The lowest BCUT2D eigenvalue weighted by Crippen LogP contribution is -2.33. The number of nitrogen functional groups attached to an aromatic ring is 1. The van der Waals surface area contributed by atoms with Crippen LogP contribution in [0.4, 0.5) is 17.2 Å². The van der Waals surface area contributed by atoms with Gasteiger partial charge in [0.1, 0.15) is 15.5 Å². The molecule has 0 bridgehead atoms. The SMILES string of the molecule is CNc1ccc(N2CC3CN(C(=O)c4sc5nnc(C)c(C)c5c4N)CC3C2)nc1. The van der Waals surface area contributed by atoms with E-state index in [1.165, 1.54) is 11.3 Å². The first-order chi connectivity index (χ1) is 14.5. The Labute approximate surface area is 179 Å². The van der Waals surface area contributed by atoms with Gasteiger partial charge in [-0.1, -0.05) is 0 Å². The smallest absolute Gasteiger partial charge is 0.266 e. The van der Waals surface area contributed by atoms with Gasteiger partial charge >= 0.3 is 0 Å². The molecular formula is C21H25N7OS. The number of fused-ring (bicyclic) bond motifs is 2. The highest BCUT2D eigenvalue weighted by molar-refractivity contribution is 7.21. The topological polar surface area (TPSA) is 100 Å². The van der Waals surface area contributed by atoms with Gasteiger partial charge < -0.3 is 20.9 Å². The number of thiophene rings is 1. The van der Waals surface area contributed by atoms with Crippen molar-refractivity contribution in [2.24, 2.45) is 11.8 Å². The van der Waals surface area contributed by atoms with E-state index in [1.54, 1.807) is 0 Å². The standard InChI is InChI=1S/C21H25N7OS/c1-11-12(2)25-26-20-17(11)18(22)19(30-20)21(29)28-9-13-7-27(8-14(13)10-28)16-5-4-15(23-3)6-24-16/h4-6,13-14,23H,7-10,22H2,1-3H3. The summed E-state index contributed by atoms with van der Waals surface area (Å²) in [5.41, 5.74) is 9.78. The van der Waals surface area contributed by atoms with Crippen molar-refractivity contribution in [2.75, 3.05) is 49.2 Å². The third kappa shape index (κ3) is 2.96. The summed E-state index contributed by atoms with van der Waals surface area (Å²) in [5.74, 6) is 1.93. The lowest BCUT2D eigenvalue weighted by Gasteiger charge is -2.22. The Kier molecular flexibility index (Phi) is 4.50. The first-order valence-electron chi connectivity index (χ1n) is 10.2. The maximum atomic E-state index is 13.3. The van der Waals surface area contributed by atoms with E-state index < -0.39 is 0 Å². The van der Waals surface area contributed by atoms with Crippen LogP contribution in [0.1, 0.15) is 20.9 Å². The molecule has 9 heteroatoms. The van der Waals surface area contributed by atoms with Gasteiger partial charge in [-0.25, -0.2) is 4.98 Å². The lowest BCUT2D eigenvalue weighted by atomic mass is 10.0. The zero-order valence-electron chi connectivity index (χ0n) is 17.3. The number of carbonyl (C=O) groups is 1. The van der Waals surface area contributed by atoms with Gasteiger partial charge in [0.25, 0.3) is 5.91 Å². The molecule has 0 radical (unpaired) electrons. The normalized spacial score (nSPS) is 20.8. The molecule has 156 valence electrons. The molecule has 2 aliphatic rings. The molecule has 8 nitrogen and oxygen atoms in total. The number of aryl methyl sites for hydroxylation is 2. The zero-order valence-corrected chi connectivity index (χ0v) is 18.2.